The number of imide groups is 1. The molecule has 318 valence electrons. The van der Waals surface area contributed by atoms with Crippen LogP contribution in [0.25, 0.3) is 22.3 Å². The number of anilines is 3. The number of rotatable bonds is 4. The Morgan fingerprint density at radius 1 is 0.820 bits per heavy atom. The number of aromatic nitrogens is 6. The Hall–Kier alpha value is -5.90. The summed E-state index contributed by atoms with van der Waals surface area (Å²) in [5.74, 6) is 0.247. The first-order valence-electron chi connectivity index (χ1n) is 21.7. The van der Waals surface area contributed by atoms with Crippen LogP contribution >= 0.6 is 0 Å². The molecule has 15 nitrogen and oxygen atoms in total. The molecule has 5 aromatic rings. The number of fused-ring (bicyclic) bond motifs is 9. The lowest BCUT2D eigenvalue weighted by atomic mass is 9.93. The lowest BCUT2D eigenvalue weighted by Crippen LogP contribution is -2.53. The number of halogens is 1. The van der Waals surface area contributed by atoms with Gasteiger partial charge in [-0.2, -0.15) is 5.10 Å². The van der Waals surface area contributed by atoms with Crippen molar-refractivity contribution in [2.24, 2.45) is 18.9 Å². The van der Waals surface area contributed by atoms with Crippen molar-refractivity contribution in [3.63, 3.8) is 0 Å². The molecule has 4 fully saturated rings. The highest BCUT2D eigenvalue weighted by Gasteiger charge is 2.33. The van der Waals surface area contributed by atoms with E-state index < -0.39 is 5.92 Å². The number of imidazole rings is 1. The van der Waals surface area contributed by atoms with Gasteiger partial charge in [0, 0.05) is 82.6 Å². The highest BCUT2D eigenvalue weighted by Crippen LogP contribution is 2.38. The van der Waals surface area contributed by atoms with Gasteiger partial charge in [-0.15, -0.1) is 0 Å². The maximum absolute atomic E-state index is 16.1. The third-order valence-electron chi connectivity index (χ3n) is 13.6. The zero-order valence-corrected chi connectivity index (χ0v) is 35.0. The van der Waals surface area contributed by atoms with Crippen molar-refractivity contribution in [3.8, 4) is 17.1 Å². The number of carbonyl (C=O) groups excluding carboxylic acids is 3. The molecule has 5 aliphatic rings. The number of aryl methyl sites for hydroxylation is 3. The zero-order chi connectivity index (χ0) is 41.9. The fourth-order valence-corrected chi connectivity index (χ4v) is 10.4. The summed E-state index contributed by atoms with van der Waals surface area (Å²) < 4.78 is 26.3. The third kappa shape index (κ3) is 7.59. The molecule has 1 saturated carbocycles. The van der Waals surface area contributed by atoms with E-state index in [9.17, 15) is 14.4 Å². The van der Waals surface area contributed by atoms with Crippen LogP contribution in [0, 0.1) is 31.5 Å². The van der Waals surface area contributed by atoms with E-state index >= 15 is 4.39 Å². The molecule has 8 heterocycles. The first-order chi connectivity index (χ1) is 29.5. The molecular formula is C45H52FN11O4. The average molecular weight is 830 g/mol. The lowest BCUT2D eigenvalue weighted by molar-refractivity contribution is -0.134. The maximum atomic E-state index is 16.1. The van der Waals surface area contributed by atoms with Crippen molar-refractivity contribution in [3.05, 3.63) is 71.1 Å². The van der Waals surface area contributed by atoms with E-state index in [0.717, 1.165) is 86.3 Å². The molecule has 3 saturated heterocycles. The minimum Gasteiger partial charge on any atom is -0.477 e. The molecule has 16 heteroatoms. The highest BCUT2D eigenvalue weighted by molar-refractivity contribution is 6.05. The molecule has 4 aromatic heterocycles. The summed E-state index contributed by atoms with van der Waals surface area (Å²) in [6.45, 7) is 10.0. The average Bonchev–Trinajstić information content (AvgIpc) is 3.95. The van der Waals surface area contributed by atoms with Gasteiger partial charge >= 0.3 is 0 Å². The van der Waals surface area contributed by atoms with E-state index in [4.69, 9.17) is 14.7 Å². The normalized spacial score (nSPS) is 22.9. The van der Waals surface area contributed by atoms with Gasteiger partial charge in [0.15, 0.2) is 0 Å². The fraction of sp³-hybridized carbons (Fsp3) is 0.489. The predicted octanol–water partition coefficient (Wildman–Crippen LogP) is 5.35. The molecule has 0 spiro atoms. The van der Waals surface area contributed by atoms with Gasteiger partial charge in [-0.25, -0.2) is 14.1 Å². The Balaban J connectivity index is 0.838. The fourth-order valence-electron chi connectivity index (χ4n) is 10.4. The van der Waals surface area contributed by atoms with Crippen LogP contribution in [0.1, 0.15) is 78.2 Å². The van der Waals surface area contributed by atoms with Crippen LogP contribution in [0.2, 0.25) is 0 Å². The van der Waals surface area contributed by atoms with E-state index in [2.05, 4.69) is 46.9 Å². The van der Waals surface area contributed by atoms with Crippen LogP contribution in [0.4, 0.5) is 21.7 Å². The monoisotopic (exact) mass is 829 g/mol. The predicted molar refractivity (Wildman–Crippen MR) is 228 cm³/mol. The number of piperidine rings is 2. The Labute approximate surface area is 353 Å². The van der Waals surface area contributed by atoms with Crippen molar-refractivity contribution >= 4 is 46.1 Å². The van der Waals surface area contributed by atoms with Crippen LogP contribution < -0.4 is 25.2 Å². The van der Waals surface area contributed by atoms with Gasteiger partial charge in [-0.05, 0) is 94.0 Å². The molecule has 0 radical (unpaired) electrons. The SMILES string of the molecule is Cc1cc2cc(n1)-c1cnn(C)c1OC[C@H]1CC[C@H](C1)Cn1c(nc3cc(F)c(N4CCN(C5CCN(c6cnc(C7CCC(=O)NC7=O)cc6C)CC5)CC4)cc31)NC2=O. The summed E-state index contributed by atoms with van der Waals surface area (Å²) >= 11 is 0. The Kier molecular flexibility index (Phi) is 10.2. The summed E-state index contributed by atoms with van der Waals surface area (Å²) in [6, 6.07) is 9.41. The summed E-state index contributed by atoms with van der Waals surface area (Å²) in [6.07, 6.45) is 9.48. The molecule has 1 unspecified atom stereocenters. The van der Waals surface area contributed by atoms with Gasteiger partial charge in [0.1, 0.15) is 5.82 Å². The Bertz CT molecular complexity index is 2540. The first-order valence-corrected chi connectivity index (χ1v) is 21.7. The van der Waals surface area contributed by atoms with Gasteiger partial charge in [-0.1, -0.05) is 0 Å². The maximum Gasteiger partial charge on any atom is 0.258 e. The summed E-state index contributed by atoms with van der Waals surface area (Å²) in [4.78, 5) is 59.4. The van der Waals surface area contributed by atoms with Crippen molar-refractivity contribution < 1.29 is 23.5 Å². The number of hydrogen-bond acceptors (Lipinski definition) is 11. The standard InChI is InChI=1S/C45H52FN11O4/c1-26-16-35(32-6-7-41(58)51-43(32)60)47-23-40(26)55-10-8-31(9-11-55)54-12-14-56(15-13-54)38-21-39-37(20-34(38)46)50-45-52-42(59)30-17-27(2)49-36(19-30)33-22-48-53(3)44(33)61-25-29-5-4-28(18-29)24-57(39)45/h16-17,19-23,28-29,31-32H,4-15,18,24-25H2,1-3H3,(H,50,52,59)(H,51,58,60)/t28-,29+,32?/m1/s1. The van der Waals surface area contributed by atoms with Crippen molar-refractivity contribution in [2.45, 2.75) is 77.3 Å². The van der Waals surface area contributed by atoms with E-state index in [-0.39, 0.29) is 23.5 Å². The van der Waals surface area contributed by atoms with Crippen molar-refractivity contribution in [1.82, 2.24) is 39.5 Å². The number of amides is 3. The number of nitrogens with zero attached hydrogens (tertiary/aromatic N) is 9. The minimum absolute atomic E-state index is 0.222. The smallest absolute Gasteiger partial charge is 0.258 e. The van der Waals surface area contributed by atoms with Crippen LogP contribution in [-0.2, 0) is 23.2 Å². The molecule has 2 N–H and O–H groups in total. The summed E-state index contributed by atoms with van der Waals surface area (Å²) in [5, 5.41) is 9.99. The van der Waals surface area contributed by atoms with Crippen molar-refractivity contribution in [1.29, 1.82) is 0 Å². The van der Waals surface area contributed by atoms with Gasteiger partial charge < -0.3 is 19.1 Å². The molecule has 1 aromatic carbocycles. The van der Waals surface area contributed by atoms with E-state index in [1.54, 1.807) is 23.0 Å². The number of hydrogen-bond donors (Lipinski definition) is 2. The Morgan fingerprint density at radius 2 is 1.61 bits per heavy atom. The molecule has 1 aliphatic carbocycles. The van der Waals surface area contributed by atoms with Gasteiger partial charge in [0.2, 0.25) is 23.6 Å². The van der Waals surface area contributed by atoms with Gasteiger partial charge in [0.25, 0.3) is 5.91 Å². The third-order valence-corrected chi connectivity index (χ3v) is 13.6. The van der Waals surface area contributed by atoms with E-state index in [1.165, 1.54) is 6.07 Å². The van der Waals surface area contributed by atoms with Crippen LogP contribution in [0.3, 0.4) is 0 Å². The van der Waals surface area contributed by atoms with Crippen molar-refractivity contribution in [2.75, 3.05) is 61.0 Å². The van der Waals surface area contributed by atoms with Crippen LogP contribution in [-0.4, -0.2) is 104 Å². The zero-order valence-electron chi connectivity index (χ0n) is 35.0. The first kappa shape index (κ1) is 39.2. The second-order valence-corrected chi connectivity index (χ2v) is 17.7. The molecule has 4 bridgehead atoms. The highest BCUT2D eigenvalue weighted by atomic mass is 19.1. The second kappa shape index (κ2) is 15.9. The van der Waals surface area contributed by atoms with Crippen LogP contribution in [0.5, 0.6) is 5.88 Å². The second-order valence-electron chi connectivity index (χ2n) is 17.7. The quantitative estimate of drug-likeness (QED) is 0.225. The lowest BCUT2D eigenvalue weighted by Gasteiger charge is -2.44. The number of benzene rings is 1. The topological polar surface area (TPSA) is 156 Å². The molecular weight excluding hydrogens is 778 g/mol. The number of ether oxygens (including phenoxy) is 1. The van der Waals surface area contributed by atoms with E-state index in [1.807, 2.05) is 32.3 Å². The number of pyridine rings is 2. The van der Waals surface area contributed by atoms with Gasteiger partial charge in [-0.3, -0.25) is 39.9 Å². The molecule has 3 amide bonds. The van der Waals surface area contributed by atoms with Crippen LogP contribution in [0.15, 0.2) is 42.7 Å². The number of piperazine rings is 1. The Morgan fingerprint density at radius 3 is 2.39 bits per heavy atom. The summed E-state index contributed by atoms with van der Waals surface area (Å²) in [7, 11) is 1.86. The largest absolute Gasteiger partial charge is 0.477 e. The van der Waals surface area contributed by atoms with Gasteiger partial charge in [0.05, 0.1) is 64.3 Å². The van der Waals surface area contributed by atoms with E-state index in [0.29, 0.717) is 96.9 Å². The minimum atomic E-state index is -0.393. The molecule has 4 aliphatic heterocycles. The molecule has 10 rings (SSSR count). The molecule has 3 atom stereocenters. The number of carbonyl (C=O) groups is 3. The number of nitrogens with one attached hydrogen (secondary N) is 2. The molecule has 61 heavy (non-hydrogen) atoms. The summed E-state index contributed by atoms with van der Waals surface area (Å²) in [5.41, 5.74) is 7.26.